The van der Waals surface area contributed by atoms with E-state index >= 15 is 0 Å². The lowest BCUT2D eigenvalue weighted by atomic mass is 10.1. The Kier molecular flexibility index (Phi) is 3.80. The Labute approximate surface area is 90.8 Å². The molecule has 80 valence electrons. The number of hydrogen-bond acceptors (Lipinski definition) is 3. The standard InChI is InChI=1S/C10H8ClFO3/c1-15-10(14)8(13)5-6-3-2-4-7(11)9(6)12/h2-4H,5H2,1H3. The summed E-state index contributed by atoms with van der Waals surface area (Å²) in [6.07, 6.45) is -0.348. The predicted molar refractivity (Wildman–Crippen MR) is 52.1 cm³/mol. The SMILES string of the molecule is COC(=O)C(=O)Cc1cccc(Cl)c1F. The maximum atomic E-state index is 13.3. The van der Waals surface area contributed by atoms with Crippen LogP contribution in [0.3, 0.4) is 0 Å². The highest BCUT2D eigenvalue weighted by atomic mass is 35.5. The molecule has 0 aromatic heterocycles. The molecule has 0 amide bonds. The lowest BCUT2D eigenvalue weighted by Gasteiger charge is -2.02. The fourth-order valence-electron chi connectivity index (χ4n) is 1.04. The smallest absolute Gasteiger partial charge is 0.374 e. The Morgan fingerprint density at radius 2 is 2.13 bits per heavy atom. The maximum absolute atomic E-state index is 13.3. The van der Waals surface area contributed by atoms with Crippen molar-refractivity contribution in [1.82, 2.24) is 0 Å². The zero-order valence-corrected chi connectivity index (χ0v) is 8.68. The molecule has 0 saturated carbocycles. The summed E-state index contributed by atoms with van der Waals surface area (Å²) in [6.45, 7) is 0. The van der Waals surface area contributed by atoms with Gasteiger partial charge in [0.25, 0.3) is 0 Å². The quantitative estimate of drug-likeness (QED) is 0.587. The Morgan fingerprint density at radius 3 is 2.73 bits per heavy atom. The van der Waals surface area contributed by atoms with Crippen molar-refractivity contribution in [2.75, 3.05) is 7.11 Å². The van der Waals surface area contributed by atoms with Gasteiger partial charge in [-0.15, -0.1) is 0 Å². The number of carbonyl (C=O) groups excluding carboxylic acids is 2. The molecule has 1 rings (SSSR count). The number of ketones is 1. The highest BCUT2D eigenvalue weighted by Crippen LogP contribution is 2.18. The van der Waals surface area contributed by atoms with Gasteiger partial charge in [-0.25, -0.2) is 9.18 Å². The van der Waals surface area contributed by atoms with Crippen molar-refractivity contribution in [3.63, 3.8) is 0 Å². The number of rotatable bonds is 3. The third-order valence-corrected chi connectivity index (χ3v) is 2.09. The number of methoxy groups -OCH3 is 1. The van der Waals surface area contributed by atoms with Crippen LogP contribution < -0.4 is 0 Å². The third kappa shape index (κ3) is 2.76. The summed E-state index contributed by atoms with van der Waals surface area (Å²) in [5.74, 6) is -2.48. The molecule has 0 aliphatic rings. The molecule has 0 radical (unpaired) electrons. The van der Waals surface area contributed by atoms with Gasteiger partial charge in [0.2, 0.25) is 5.78 Å². The number of hydrogen-bond donors (Lipinski definition) is 0. The van der Waals surface area contributed by atoms with Gasteiger partial charge in [0, 0.05) is 6.42 Å². The van der Waals surface area contributed by atoms with E-state index in [0.717, 1.165) is 7.11 Å². The van der Waals surface area contributed by atoms with Crippen LogP contribution in [-0.4, -0.2) is 18.9 Å². The minimum atomic E-state index is -0.991. The predicted octanol–water partition coefficient (Wildman–Crippen LogP) is 1.76. The minimum absolute atomic E-state index is 0.0786. The summed E-state index contributed by atoms with van der Waals surface area (Å²) in [7, 11) is 1.09. The largest absolute Gasteiger partial charge is 0.463 e. The van der Waals surface area contributed by atoms with Gasteiger partial charge in [-0.3, -0.25) is 4.79 Å². The van der Waals surface area contributed by atoms with Crippen molar-refractivity contribution in [3.8, 4) is 0 Å². The Morgan fingerprint density at radius 1 is 1.47 bits per heavy atom. The molecule has 1 aromatic rings. The van der Waals surface area contributed by atoms with Gasteiger partial charge in [0.15, 0.2) is 0 Å². The average Bonchev–Trinajstić information content (AvgIpc) is 2.23. The number of ether oxygens (including phenoxy) is 1. The van der Waals surface area contributed by atoms with Crippen LogP contribution in [0.5, 0.6) is 0 Å². The van der Waals surface area contributed by atoms with Crippen molar-refractivity contribution < 1.29 is 18.7 Å². The van der Waals surface area contributed by atoms with Gasteiger partial charge in [0.05, 0.1) is 12.1 Å². The molecule has 0 heterocycles. The van der Waals surface area contributed by atoms with Crippen molar-refractivity contribution in [3.05, 3.63) is 34.6 Å². The van der Waals surface area contributed by atoms with Crippen molar-refractivity contribution in [2.24, 2.45) is 0 Å². The van der Waals surface area contributed by atoms with Gasteiger partial charge in [-0.2, -0.15) is 0 Å². The fourth-order valence-corrected chi connectivity index (χ4v) is 1.24. The summed E-state index contributed by atoms with van der Waals surface area (Å²) in [6, 6.07) is 4.26. The first-order valence-electron chi connectivity index (χ1n) is 4.10. The molecule has 0 aliphatic heterocycles. The van der Waals surface area contributed by atoms with E-state index in [1.54, 1.807) is 0 Å². The topological polar surface area (TPSA) is 43.4 Å². The molecule has 0 fully saturated rings. The van der Waals surface area contributed by atoms with Crippen LogP contribution in [0.15, 0.2) is 18.2 Å². The van der Waals surface area contributed by atoms with Crippen LogP contribution in [0.2, 0.25) is 5.02 Å². The lowest BCUT2D eigenvalue weighted by Crippen LogP contribution is -2.18. The zero-order chi connectivity index (χ0) is 11.4. The lowest BCUT2D eigenvalue weighted by molar-refractivity contribution is -0.151. The molecule has 1 aromatic carbocycles. The van der Waals surface area contributed by atoms with Crippen molar-refractivity contribution >= 4 is 23.4 Å². The van der Waals surface area contributed by atoms with E-state index in [1.807, 2.05) is 0 Å². The monoisotopic (exact) mass is 230 g/mol. The molecular weight excluding hydrogens is 223 g/mol. The van der Waals surface area contributed by atoms with Gasteiger partial charge < -0.3 is 4.74 Å². The van der Waals surface area contributed by atoms with Crippen LogP contribution in [-0.2, 0) is 20.7 Å². The Hall–Kier alpha value is -1.42. The number of esters is 1. The maximum Gasteiger partial charge on any atom is 0.374 e. The van der Waals surface area contributed by atoms with Crippen LogP contribution in [0.1, 0.15) is 5.56 Å². The molecule has 0 atom stereocenters. The second-order valence-corrected chi connectivity index (χ2v) is 3.21. The second kappa shape index (κ2) is 4.89. The van der Waals surface area contributed by atoms with E-state index in [9.17, 15) is 14.0 Å². The second-order valence-electron chi connectivity index (χ2n) is 2.80. The van der Waals surface area contributed by atoms with Gasteiger partial charge in [-0.1, -0.05) is 23.7 Å². The normalized spacial score (nSPS) is 9.80. The van der Waals surface area contributed by atoms with Crippen LogP contribution >= 0.6 is 11.6 Å². The average molecular weight is 231 g/mol. The van der Waals surface area contributed by atoms with Gasteiger partial charge in [-0.05, 0) is 11.6 Å². The minimum Gasteiger partial charge on any atom is -0.463 e. The molecule has 0 aliphatic carbocycles. The summed E-state index contributed by atoms with van der Waals surface area (Å²) >= 11 is 5.51. The first-order chi connectivity index (χ1) is 7.06. The Balaban J connectivity index is 2.86. The molecule has 3 nitrogen and oxygen atoms in total. The van der Waals surface area contributed by atoms with Crippen LogP contribution in [0.4, 0.5) is 4.39 Å². The number of halogens is 2. The van der Waals surface area contributed by atoms with E-state index in [-0.39, 0.29) is 17.0 Å². The summed E-state index contributed by atoms with van der Waals surface area (Å²) in [4.78, 5) is 21.9. The van der Waals surface area contributed by atoms with E-state index in [2.05, 4.69) is 4.74 Å². The van der Waals surface area contributed by atoms with Crippen molar-refractivity contribution in [1.29, 1.82) is 0 Å². The molecule has 0 unspecified atom stereocenters. The van der Waals surface area contributed by atoms with Gasteiger partial charge >= 0.3 is 5.97 Å². The summed E-state index contributed by atoms with van der Waals surface area (Å²) in [5, 5.41) is -0.0786. The molecule has 0 saturated heterocycles. The molecule has 0 spiro atoms. The highest BCUT2D eigenvalue weighted by molar-refractivity contribution is 6.34. The number of carbonyl (C=O) groups is 2. The van der Waals surface area contributed by atoms with E-state index in [0.29, 0.717) is 0 Å². The van der Waals surface area contributed by atoms with Crippen LogP contribution in [0.25, 0.3) is 0 Å². The molecular formula is C10H8ClFO3. The highest BCUT2D eigenvalue weighted by Gasteiger charge is 2.17. The molecule has 5 heteroatoms. The zero-order valence-electron chi connectivity index (χ0n) is 7.92. The summed E-state index contributed by atoms with van der Waals surface area (Å²) in [5.41, 5.74) is 0.0814. The third-order valence-electron chi connectivity index (χ3n) is 1.80. The van der Waals surface area contributed by atoms with Crippen LogP contribution in [0, 0.1) is 5.82 Å². The first kappa shape index (κ1) is 11.7. The van der Waals surface area contributed by atoms with E-state index in [1.165, 1.54) is 18.2 Å². The number of Topliss-reactive ketones (excluding diaryl/α,β-unsaturated/α-hetero) is 1. The number of benzene rings is 1. The summed E-state index contributed by atoms with van der Waals surface area (Å²) < 4.78 is 17.5. The molecule has 0 N–H and O–H groups in total. The Bertz CT molecular complexity index is 404. The van der Waals surface area contributed by atoms with E-state index in [4.69, 9.17) is 11.6 Å². The molecule has 15 heavy (non-hydrogen) atoms. The first-order valence-corrected chi connectivity index (χ1v) is 4.48. The molecule has 0 bridgehead atoms. The van der Waals surface area contributed by atoms with Crippen molar-refractivity contribution in [2.45, 2.75) is 6.42 Å². The van der Waals surface area contributed by atoms with E-state index < -0.39 is 17.6 Å². The fraction of sp³-hybridized carbons (Fsp3) is 0.200. The van der Waals surface area contributed by atoms with Gasteiger partial charge in [0.1, 0.15) is 5.82 Å².